The maximum Gasteiger partial charge on any atom is 0.409 e. The lowest BCUT2D eigenvalue weighted by molar-refractivity contribution is -0.885. The molecular formula is C20H32N3O5+. The van der Waals surface area contributed by atoms with Gasteiger partial charge in [0.25, 0.3) is 5.91 Å². The number of likely N-dealkylation sites (tertiary alicyclic amines) is 1. The predicted molar refractivity (Wildman–Crippen MR) is 105 cm³/mol. The summed E-state index contributed by atoms with van der Waals surface area (Å²) in [4.78, 5) is 26.9. The number of amides is 2. The number of quaternary nitrogens is 1. The number of likely N-dealkylation sites (N-methyl/N-ethyl adjacent to an activating group) is 1. The highest BCUT2D eigenvalue weighted by Gasteiger charge is 2.25. The van der Waals surface area contributed by atoms with Crippen molar-refractivity contribution in [2.24, 2.45) is 0 Å². The zero-order valence-electron chi connectivity index (χ0n) is 17.2. The van der Waals surface area contributed by atoms with Gasteiger partial charge in [0.2, 0.25) is 0 Å². The second kappa shape index (κ2) is 10.8. The third-order valence-electron chi connectivity index (χ3n) is 4.83. The summed E-state index contributed by atoms with van der Waals surface area (Å²) >= 11 is 0. The van der Waals surface area contributed by atoms with E-state index in [2.05, 4.69) is 5.32 Å². The Hall–Kier alpha value is -2.48. The molecule has 28 heavy (non-hydrogen) atoms. The van der Waals surface area contributed by atoms with Crippen LogP contribution in [0.1, 0.15) is 25.3 Å². The second-order valence-electron chi connectivity index (χ2n) is 6.99. The van der Waals surface area contributed by atoms with E-state index in [4.69, 9.17) is 14.2 Å². The van der Waals surface area contributed by atoms with Crippen molar-refractivity contribution in [1.82, 2.24) is 10.2 Å². The lowest BCUT2D eigenvalue weighted by Crippen LogP contribution is -3.09. The first-order valence-corrected chi connectivity index (χ1v) is 9.70. The Morgan fingerprint density at radius 2 is 1.93 bits per heavy atom. The van der Waals surface area contributed by atoms with Gasteiger partial charge in [-0.05, 0) is 31.9 Å². The van der Waals surface area contributed by atoms with E-state index < -0.39 is 0 Å². The number of nitrogens with zero attached hydrogens (tertiary/aromatic N) is 1. The summed E-state index contributed by atoms with van der Waals surface area (Å²) < 4.78 is 15.8. The van der Waals surface area contributed by atoms with Crippen LogP contribution >= 0.6 is 0 Å². The molecule has 1 aromatic carbocycles. The molecule has 1 unspecified atom stereocenters. The van der Waals surface area contributed by atoms with E-state index in [0.29, 0.717) is 44.3 Å². The topological polar surface area (TPSA) is 81.5 Å². The second-order valence-corrected chi connectivity index (χ2v) is 6.99. The van der Waals surface area contributed by atoms with Crippen LogP contribution in [-0.2, 0) is 16.1 Å². The molecule has 0 aliphatic carbocycles. The van der Waals surface area contributed by atoms with Crippen molar-refractivity contribution in [3.05, 3.63) is 23.8 Å². The number of nitrogens with one attached hydrogen (secondary N) is 2. The molecule has 0 bridgehead atoms. The summed E-state index contributed by atoms with van der Waals surface area (Å²) in [6.07, 6.45) is 1.21. The Labute approximate surface area is 166 Å². The average Bonchev–Trinajstić information content (AvgIpc) is 2.68. The fraction of sp³-hybridized carbons (Fsp3) is 0.600. The Kier molecular flexibility index (Phi) is 8.38. The summed E-state index contributed by atoms with van der Waals surface area (Å²) in [6.45, 7) is 4.39. The van der Waals surface area contributed by atoms with Crippen LogP contribution in [0.5, 0.6) is 11.5 Å². The molecule has 1 aromatic rings. The monoisotopic (exact) mass is 394 g/mol. The molecular weight excluding hydrogens is 362 g/mol. The van der Waals surface area contributed by atoms with Crippen LogP contribution in [0.4, 0.5) is 4.79 Å². The molecule has 2 N–H and O–H groups in total. The summed E-state index contributed by atoms with van der Waals surface area (Å²) in [5.41, 5.74) is 0.995. The average molecular weight is 394 g/mol. The minimum atomic E-state index is -0.274. The maximum absolute atomic E-state index is 12.4. The highest BCUT2D eigenvalue weighted by molar-refractivity contribution is 5.77. The van der Waals surface area contributed by atoms with Gasteiger partial charge in [-0.1, -0.05) is 6.07 Å². The summed E-state index contributed by atoms with van der Waals surface area (Å²) in [5.74, 6) is 1.40. The maximum atomic E-state index is 12.4. The van der Waals surface area contributed by atoms with E-state index in [-0.39, 0.29) is 18.0 Å². The van der Waals surface area contributed by atoms with E-state index in [9.17, 15) is 9.59 Å². The summed E-state index contributed by atoms with van der Waals surface area (Å²) in [5, 5.41) is 3.08. The third kappa shape index (κ3) is 6.02. The molecule has 2 rings (SSSR count). The van der Waals surface area contributed by atoms with Crippen LogP contribution in [0.3, 0.4) is 0 Å². The molecule has 0 aromatic heterocycles. The highest BCUT2D eigenvalue weighted by atomic mass is 16.6. The number of piperidine rings is 1. The number of ether oxygens (including phenoxy) is 3. The minimum Gasteiger partial charge on any atom is -0.493 e. The molecule has 1 aliphatic heterocycles. The van der Waals surface area contributed by atoms with Crippen molar-refractivity contribution in [2.45, 2.75) is 32.4 Å². The van der Waals surface area contributed by atoms with Crippen molar-refractivity contribution in [3.8, 4) is 11.5 Å². The van der Waals surface area contributed by atoms with Crippen molar-refractivity contribution >= 4 is 12.0 Å². The van der Waals surface area contributed by atoms with Gasteiger partial charge in [-0.15, -0.1) is 0 Å². The first kappa shape index (κ1) is 21.8. The number of rotatable bonds is 8. The van der Waals surface area contributed by atoms with Crippen LogP contribution in [-0.4, -0.2) is 70.5 Å². The number of hydrogen-bond donors (Lipinski definition) is 2. The van der Waals surface area contributed by atoms with Gasteiger partial charge in [-0.2, -0.15) is 0 Å². The predicted octanol–water partition coefficient (Wildman–Crippen LogP) is 0.456. The van der Waals surface area contributed by atoms with Gasteiger partial charge in [0.15, 0.2) is 18.0 Å². The highest BCUT2D eigenvalue weighted by Crippen LogP contribution is 2.29. The Bertz CT molecular complexity index is 659. The zero-order chi connectivity index (χ0) is 20.5. The molecule has 8 heteroatoms. The van der Waals surface area contributed by atoms with Gasteiger partial charge in [0.1, 0.15) is 6.54 Å². The standard InChI is InChI=1S/C20H31N3O5/c1-5-28-20(25)23-11-9-16(10-12-23)21-18(24)14-22(2)13-15-7-6-8-17(26-3)19(15)27-4/h6-8,16H,5,9-14H2,1-4H3,(H,21,24)/p+1. The number of carbonyl (C=O) groups excluding carboxylic acids is 2. The number of methoxy groups -OCH3 is 2. The summed E-state index contributed by atoms with van der Waals surface area (Å²) in [7, 11) is 5.20. The molecule has 0 radical (unpaired) electrons. The zero-order valence-corrected chi connectivity index (χ0v) is 17.2. The normalized spacial score (nSPS) is 15.6. The fourth-order valence-electron chi connectivity index (χ4n) is 3.45. The van der Waals surface area contributed by atoms with E-state index in [1.165, 1.54) is 0 Å². The third-order valence-corrected chi connectivity index (χ3v) is 4.83. The van der Waals surface area contributed by atoms with Gasteiger partial charge in [0.05, 0.1) is 33.4 Å². The molecule has 2 amide bonds. The van der Waals surface area contributed by atoms with Crippen LogP contribution in [0, 0.1) is 0 Å². The van der Waals surface area contributed by atoms with E-state index >= 15 is 0 Å². The number of benzene rings is 1. The van der Waals surface area contributed by atoms with Crippen LogP contribution in [0.15, 0.2) is 18.2 Å². The van der Waals surface area contributed by atoms with Crippen LogP contribution in [0.25, 0.3) is 0 Å². The van der Waals surface area contributed by atoms with E-state index in [1.54, 1.807) is 26.0 Å². The first-order chi connectivity index (χ1) is 13.5. The van der Waals surface area contributed by atoms with E-state index in [0.717, 1.165) is 23.3 Å². The van der Waals surface area contributed by atoms with Crippen LogP contribution < -0.4 is 19.7 Å². The quantitative estimate of drug-likeness (QED) is 0.669. The lowest BCUT2D eigenvalue weighted by atomic mass is 10.1. The van der Waals surface area contributed by atoms with Crippen molar-refractivity contribution in [1.29, 1.82) is 0 Å². The fourth-order valence-corrected chi connectivity index (χ4v) is 3.45. The molecule has 1 aliphatic rings. The van der Waals surface area contributed by atoms with Gasteiger partial charge in [-0.3, -0.25) is 4.79 Å². The van der Waals surface area contributed by atoms with E-state index in [1.807, 2.05) is 25.2 Å². The Morgan fingerprint density at radius 3 is 2.54 bits per heavy atom. The lowest BCUT2D eigenvalue weighted by Gasteiger charge is -2.31. The first-order valence-electron chi connectivity index (χ1n) is 9.70. The van der Waals surface area contributed by atoms with Gasteiger partial charge in [-0.25, -0.2) is 4.79 Å². The minimum absolute atomic E-state index is 0.00828. The largest absolute Gasteiger partial charge is 0.493 e. The van der Waals surface area contributed by atoms with Crippen molar-refractivity contribution < 1.29 is 28.7 Å². The Morgan fingerprint density at radius 1 is 1.21 bits per heavy atom. The van der Waals surface area contributed by atoms with Crippen LogP contribution in [0.2, 0.25) is 0 Å². The van der Waals surface area contributed by atoms with Crippen molar-refractivity contribution in [3.63, 3.8) is 0 Å². The molecule has 0 saturated carbocycles. The van der Waals surface area contributed by atoms with Gasteiger partial charge < -0.3 is 29.3 Å². The number of para-hydroxylation sites is 1. The molecule has 0 spiro atoms. The molecule has 1 fully saturated rings. The molecule has 156 valence electrons. The Balaban J connectivity index is 1.80. The SMILES string of the molecule is CCOC(=O)N1CCC(NC(=O)C[NH+](C)Cc2cccc(OC)c2OC)CC1. The van der Waals surface area contributed by atoms with Crippen molar-refractivity contribution in [2.75, 3.05) is 47.5 Å². The van der Waals surface area contributed by atoms with Gasteiger partial charge in [0, 0.05) is 19.1 Å². The smallest absolute Gasteiger partial charge is 0.409 e. The number of hydrogen-bond acceptors (Lipinski definition) is 5. The summed E-state index contributed by atoms with van der Waals surface area (Å²) in [6, 6.07) is 5.85. The molecule has 1 heterocycles. The molecule has 1 saturated heterocycles. The van der Waals surface area contributed by atoms with Gasteiger partial charge >= 0.3 is 6.09 Å². The molecule has 1 atom stereocenters. The molecule has 8 nitrogen and oxygen atoms in total. The number of carbonyl (C=O) groups is 2.